The first-order valence-electron chi connectivity index (χ1n) is 5.58. The zero-order chi connectivity index (χ0) is 11.4. The number of carbonyl (C=O) groups excluding carboxylic acids is 1. The first kappa shape index (κ1) is 10.7. The van der Waals surface area contributed by atoms with Crippen LogP contribution in [-0.4, -0.2) is 19.0 Å². The molecule has 1 aromatic rings. The summed E-state index contributed by atoms with van der Waals surface area (Å²) in [5.41, 5.74) is 7.30. The Balaban J connectivity index is 2.06. The molecule has 16 heavy (non-hydrogen) atoms. The lowest BCUT2D eigenvalue weighted by Crippen LogP contribution is -2.17. The maximum atomic E-state index is 10.6. The molecule has 0 unspecified atom stereocenters. The van der Waals surface area contributed by atoms with Crippen LogP contribution < -0.4 is 10.6 Å². The highest BCUT2D eigenvalue weighted by molar-refractivity contribution is 5.90. The van der Waals surface area contributed by atoms with Crippen LogP contribution in [0.15, 0.2) is 30.3 Å². The number of nitrogens with two attached hydrogens (primary N) is 1. The van der Waals surface area contributed by atoms with E-state index in [1.807, 2.05) is 12.1 Å². The van der Waals surface area contributed by atoms with Crippen molar-refractivity contribution >= 4 is 17.7 Å². The van der Waals surface area contributed by atoms with Crippen LogP contribution in [0.5, 0.6) is 0 Å². The molecule has 0 radical (unpaired) electrons. The summed E-state index contributed by atoms with van der Waals surface area (Å²) in [5.74, 6) is -0.413. The first-order chi connectivity index (χ1) is 7.75. The largest absolute Gasteiger partial charge is 0.372 e. The van der Waals surface area contributed by atoms with Gasteiger partial charge in [-0.15, -0.1) is 0 Å². The van der Waals surface area contributed by atoms with Crippen LogP contribution in [0.1, 0.15) is 18.4 Å². The summed E-state index contributed by atoms with van der Waals surface area (Å²) < 4.78 is 0. The minimum atomic E-state index is -0.413. The molecule has 3 nitrogen and oxygen atoms in total. The maximum absolute atomic E-state index is 10.6. The van der Waals surface area contributed by atoms with Gasteiger partial charge < -0.3 is 10.6 Å². The van der Waals surface area contributed by atoms with Crippen LogP contribution in [0.4, 0.5) is 5.69 Å². The number of benzene rings is 1. The van der Waals surface area contributed by atoms with E-state index in [4.69, 9.17) is 5.73 Å². The van der Waals surface area contributed by atoms with Gasteiger partial charge in [0.25, 0.3) is 0 Å². The lowest BCUT2D eigenvalue weighted by Gasteiger charge is -2.17. The molecule has 2 rings (SSSR count). The fraction of sp³-hybridized carbons (Fsp3) is 0.308. The van der Waals surface area contributed by atoms with Gasteiger partial charge >= 0.3 is 0 Å². The maximum Gasteiger partial charge on any atom is 0.241 e. The third-order valence-electron chi connectivity index (χ3n) is 2.80. The summed E-state index contributed by atoms with van der Waals surface area (Å²) in [6.45, 7) is 2.30. The fourth-order valence-electron chi connectivity index (χ4n) is 1.95. The van der Waals surface area contributed by atoms with Crippen molar-refractivity contribution in [1.82, 2.24) is 0 Å². The Kier molecular flexibility index (Phi) is 3.25. The minimum absolute atomic E-state index is 0.413. The van der Waals surface area contributed by atoms with Gasteiger partial charge in [0, 0.05) is 24.9 Å². The lowest BCUT2D eigenvalue weighted by molar-refractivity contribution is -0.113. The van der Waals surface area contributed by atoms with Crippen molar-refractivity contribution in [2.45, 2.75) is 12.8 Å². The summed E-state index contributed by atoms with van der Waals surface area (Å²) >= 11 is 0. The lowest BCUT2D eigenvalue weighted by atomic mass is 10.2. The van der Waals surface area contributed by atoms with Gasteiger partial charge in [0.05, 0.1) is 0 Å². The van der Waals surface area contributed by atoms with E-state index >= 15 is 0 Å². The quantitative estimate of drug-likeness (QED) is 0.783. The van der Waals surface area contributed by atoms with Crippen LogP contribution in [0.2, 0.25) is 0 Å². The molecule has 0 spiro atoms. The van der Waals surface area contributed by atoms with Crippen molar-refractivity contribution in [3.8, 4) is 0 Å². The second-order valence-corrected chi connectivity index (χ2v) is 4.02. The predicted octanol–water partition coefficient (Wildman–Crippen LogP) is 1.79. The first-order valence-corrected chi connectivity index (χ1v) is 5.58. The van der Waals surface area contributed by atoms with Crippen molar-refractivity contribution in [2.75, 3.05) is 18.0 Å². The van der Waals surface area contributed by atoms with E-state index < -0.39 is 5.91 Å². The molecule has 0 atom stereocenters. The van der Waals surface area contributed by atoms with E-state index in [1.165, 1.54) is 24.6 Å². The molecule has 1 amide bonds. The van der Waals surface area contributed by atoms with E-state index in [2.05, 4.69) is 17.0 Å². The summed E-state index contributed by atoms with van der Waals surface area (Å²) in [4.78, 5) is 13.0. The molecule has 0 bridgehead atoms. The summed E-state index contributed by atoms with van der Waals surface area (Å²) in [7, 11) is 0. The molecule has 1 aromatic carbocycles. The van der Waals surface area contributed by atoms with Gasteiger partial charge in [-0.05, 0) is 36.6 Å². The molecular weight excluding hydrogens is 200 g/mol. The second kappa shape index (κ2) is 4.84. The van der Waals surface area contributed by atoms with E-state index in [0.717, 1.165) is 18.7 Å². The molecule has 1 heterocycles. The Morgan fingerprint density at radius 1 is 1.19 bits per heavy atom. The molecule has 1 aliphatic rings. The van der Waals surface area contributed by atoms with Crippen LogP contribution >= 0.6 is 0 Å². The Hall–Kier alpha value is -1.77. The SMILES string of the molecule is NC(=O)C=Cc1ccc(N2CCCC2)cc1. The number of primary amides is 1. The van der Waals surface area contributed by atoms with Gasteiger partial charge in [-0.25, -0.2) is 0 Å². The minimum Gasteiger partial charge on any atom is -0.372 e. The highest BCUT2D eigenvalue weighted by Gasteiger charge is 2.11. The van der Waals surface area contributed by atoms with Crippen molar-refractivity contribution in [1.29, 1.82) is 0 Å². The molecule has 0 aromatic heterocycles. The summed E-state index contributed by atoms with van der Waals surface area (Å²) in [6, 6.07) is 8.19. The van der Waals surface area contributed by atoms with E-state index in [1.54, 1.807) is 6.08 Å². The molecule has 1 fully saturated rings. The number of nitrogens with zero attached hydrogens (tertiary/aromatic N) is 1. The molecule has 3 heteroatoms. The standard InChI is InChI=1S/C13H16N2O/c14-13(16)8-5-11-3-6-12(7-4-11)15-9-1-2-10-15/h3-8H,1-2,9-10H2,(H2,14,16). The van der Waals surface area contributed by atoms with Gasteiger partial charge in [0.1, 0.15) is 0 Å². The fourth-order valence-corrected chi connectivity index (χ4v) is 1.95. The molecule has 84 valence electrons. The van der Waals surface area contributed by atoms with Crippen LogP contribution in [0, 0.1) is 0 Å². The Morgan fingerprint density at radius 3 is 2.38 bits per heavy atom. The highest BCUT2D eigenvalue weighted by Crippen LogP contribution is 2.20. The smallest absolute Gasteiger partial charge is 0.241 e. The highest BCUT2D eigenvalue weighted by atomic mass is 16.1. The Bertz CT molecular complexity index is 389. The van der Waals surface area contributed by atoms with Gasteiger partial charge in [-0.2, -0.15) is 0 Å². The topological polar surface area (TPSA) is 46.3 Å². The molecule has 2 N–H and O–H groups in total. The van der Waals surface area contributed by atoms with Gasteiger partial charge in [0.2, 0.25) is 5.91 Å². The third kappa shape index (κ3) is 2.63. The third-order valence-corrected chi connectivity index (χ3v) is 2.80. The monoisotopic (exact) mass is 216 g/mol. The zero-order valence-electron chi connectivity index (χ0n) is 9.23. The van der Waals surface area contributed by atoms with E-state index in [9.17, 15) is 4.79 Å². The van der Waals surface area contributed by atoms with Gasteiger partial charge in [0.15, 0.2) is 0 Å². The van der Waals surface area contributed by atoms with Crippen molar-refractivity contribution in [3.63, 3.8) is 0 Å². The van der Waals surface area contributed by atoms with Crippen LogP contribution in [0.25, 0.3) is 6.08 Å². The number of hydrogen-bond donors (Lipinski definition) is 1. The van der Waals surface area contributed by atoms with Crippen molar-refractivity contribution in [3.05, 3.63) is 35.9 Å². The average molecular weight is 216 g/mol. The average Bonchev–Trinajstić information content (AvgIpc) is 2.80. The van der Waals surface area contributed by atoms with Gasteiger partial charge in [-0.3, -0.25) is 4.79 Å². The van der Waals surface area contributed by atoms with Crippen molar-refractivity contribution in [2.24, 2.45) is 5.73 Å². The Labute approximate surface area is 95.6 Å². The molecule has 0 aliphatic carbocycles. The number of hydrogen-bond acceptors (Lipinski definition) is 2. The zero-order valence-corrected chi connectivity index (χ0v) is 9.23. The summed E-state index contributed by atoms with van der Waals surface area (Å²) in [5, 5.41) is 0. The molecule has 1 aliphatic heterocycles. The van der Waals surface area contributed by atoms with E-state index in [-0.39, 0.29) is 0 Å². The number of carbonyl (C=O) groups is 1. The Morgan fingerprint density at radius 2 is 1.81 bits per heavy atom. The second-order valence-electron chi connectivity index (χ2n) is 4.02. The van der Waals surface area contributed by atoms with Crippen molar-refractivity contribution < 1.29 is 4.79 Å². The molecular formula is C13H16N2O. The van der Waals surface area contributed by atoms with E-state index in [0.29, 0.717) is 0 Å². The molecule has 0 saturated carbocycles. The number of amides is 1. The normalized spacial score (nSPS) is 15.9. The van der Waals surface area contributed by atoms with Crippen LogP contribution in [-0.2, 0) is 4.79 Å². The predicted molar refractivity (Wildman–Crippen MR) is 66.1 cm³/mol. The summed E-state index contributed by atoms with van der Waals surface area (Å²) in [6.07, 6.45) is 5.67. The number of anilines is 1. The molecule has 1 saturated heterocycles. The van der Waals surface area contributed by atoms with Crippen LogP contribution in [0.3, 0.4) is 0 Å². The number of rotatable bonds is 3. The van der Waals surface area contributed by atoms with Gasteiger partial charge in [-0.1, -0.05) is 12.1 Å².